The van der Waals surface area contributed by atoms with E-state index in [1.54, 1.807) is 0 Å². The van der Waals surface area contributed by atoms with E-state index in [0.717, 1.165) is 131 Å². The zero-order chi connectivity index (χ0) is 64.4. The van der Waals surface area contributed by atoms with Gasteiger partial charge >= 0.3 is 0 Å². The average Bonchev–Trinajstić information content (AvgIpc) is 0.679. The van der Waals surface area contributed by atoms with Crippen molar-refractivity contribution in [3.63, 3.8) is 0 Å². The topological polar surface area (TPSA) is 93.2 Å². The molecule has 2 saturated carbocycles. The van der Waals surface area contributed by atoms with Gasteiger partial charge in [-0.3, -0.25) is 29.0 Å². The number of carbonyl (C=O) groups excluding carboxylic acids is 4. The minimum Gasteiger partial charge on any atom is -0.457 e. The fourth-order valence-electron chi connectivity index (χ4n) is 16.0. The quantitative estimate of drug-likeness (QED) is 0.0466. The highest BCUT2D eigenvalue weighted by Gasteiger charge is 2.43. The number of rotatable bonds is 14. The van der Waals surface area contributed by atoms with E-state index in [-0.39, 0.29) is 35.7 Å². The molecule has 2 aliphatic carbocycles. The van der Waals surface area contributed by atoms with E-state index in [4.69, 9.17) is 9.47 Å². The largest absolute Gasteiger partial charge is 0.457 e. The highest BCUT2D eigenvalue weighted by Crippen LogP contribution is 2.54. The first-order valence-electron chi connectivity index (χ1n) is 33.8. The summed E-state index contributed by atoms with van der Waals surface area (Å²) >= 11 is 0. The van der Waals surface area contributed by atoms with Gasteiger partial charge in [0.1, 0.15) is 23.0 Å². The van der Waals surface area contributed by atoms with E-state index in [1.807, 2.05) is 97.1 Å². The van der Waals surface area contributed by atoms with Gasteiger partial charge in [-0.1, -0.05) is 257 Å². The Kier molecular flexibility index (Phi) is 14.9. The standard InChI is InChI=1S/C88H66N2O6/c91-85-69-52-50-68-82-74(96-66-47-43-62(44-48-66)78(60-35-19-6-20-36-60)76(57-29-13-3-14-30-57)58-31-15-4-16-32-58)54-72-80-70(86(92)90(88(72)94)64-39-23-8-24-40-64)51-49-67(84(80)82)81-73(53-71(79(69)83(68)81)87(93)89(85)63-37-21-7-22-38-63)95-65-45-41-61(42-46-65)77(59-33-17-5-18-34-59)75(55-25-9-1-10-26-55)56-27-11-2-12-28-56/h1-6,9-20,25-36,41-54,63-64H,7-8,21-24,37-40H2. The predicted molar refractivity (Wildman–Crippen MR) is 384 cm³/mol. The fourth-order valence-corrected chi connectivity index (χ4v) is 16.0. The van der Waals surface area contributed by atoms with Crippen molar-refractivity contribution in [2.75, 3.05) is 0 Å². The highest BCUT2D eigenvalue weighted by atomic mass is 16.5. The van der Waals surface area contributed by atoms with Gasteiger partial charge in [0.15, 0.2) is 0 Å². The molecule has 2 aliphatic heterocycles. The molecule has 0 bridgehead atoms. The second kappa shape index (κ2) is 24.4. The Bertz CT molecular complexity index is 4850. The van der Waals surface area contributed by atoms with E-state index in [9.17, 15) is 0 Å². The molecule has 0 N–H and O–H groups in total. The van der Waals surface area contributed by atoms with Crippen LogP contribution < -0.4 is 9.47 Å². The summed E-state index contributed by atoms with van der Waals surface area (Å²) in [6.07, 6.45) is 8.77. The van der Waals surface area contributed by atoms with Crippen molar-refractivity contribution < 1.29 is 28.7 Å². The number of imide groups is 2. The third-order valence-corrected chi connectivity index (χ3v) is 20.3. The average molecular weight is 1250 g/mol. The molecular weight excluding hydrogens is 1180 g/mol. The van der Waals surface area contributed by atoms with E-state index in [1.165, 1.54) is 9.80 Å². The molecule has 2 heterocycles. The van der Waals surface area contributed by atoms with Gasteiger partial charge < -0.3 is 9.47 Å². The van der Waals surface area contributed by atoms with Crippen LogP contribution in [0.4, 0.5) is 0 Å². The fraction of sp³-hybridized carbons (Fsp3) is 0.136. The summed E-state index contributed by atoms with van der Waals surface area (Å²) in [6.45, 7) is 0. The van der Waals surface area contributed by atoms with Gasteiger partial charge in [-0.05, 0) is 152 Å². The van der Waals surface area contributed by atoms with Crippen LogP contribution in [0.15, 0.2) is 267 Å². The van der Waals surface area contributed by atoms with Crippen LogP contribution in [-0.4, -0.2) is 45.5 Å². The lowest BCUT2D eigenvalue weighted by Gasteiger charge is -2.37. The molecule has 0 unspecified atom stereocenters. The summed E-state index contributed by atoms with van der Waals surface area (Å²) in [5.41, 5.74) is 14.2. The SMILES string of the molecule is O=C1c2ccc3c4c(Oc5ccc(C(=C(c6ccccc6)c6ccccc6)c6ccccc6)cc5)cc5c6c(ccc(c7c(Oc8ccc(C(=C(c9ccccc9)c9ccccc9)c9ccccc9)cc8)cc(c2c37)C(=O)N1C1CCCCC1)c64)C(=O)N(C1CCCCC1)C5=O. The van der Waals surface area contributed by atoms with Crippen molar-refractivity contribution in [2.24, 2.45) is 0 Å². The minimum absolute atomic E-state index is 0.247. The van der Waals surface area contributed by atoms with E-state index in [2.05, 4.69) is 170 Å². The van der Waals surface area contributed by atoms with E-state index < -0.39 is 0 Å². The Morgan fingerprint density at radius 2 is 0.521 bits per heavy atom. The van der Waals surface area contributed by atoms with Crippen molar-refractivity contribution in [1.82, 2.24) is 9.80 Å². The summed E-state index contributed by atoms with van der Waals surface area (Å²) in [7, 11) is 0. The van der Waals surface area contributed by atoms with Crippen molar-refractivity contribution in [1.29, 1.82) is 0 Å². The summed E-state index contributed by atoms with van der Waals surface area (Å²) in [5, 5.41) is 5.07. The van der Waals surface area contributed by atoms with Crippen LogP contribution in [0, 0.1) is 0 Å². The molecule has 0 radical (unpaired) electrons. The van der Waals surface area contributed by atoms with Crippen molar-refractivity contribution in [2.45, 2.75) is 76.3 Å². The molecule has 0 atom stereocenters. The van der Waals surface area contributed by atoms with Gasteiger partial charge in [-0.2, -0.15) is 0 Å². The summed E-state index contributed by atoms with van der Waals surface area (Å²) in [6, 6.07) is 89.9. The number of amides is 4. The molecule has 8 nitrogen and oxygen atoms in total. The highest BCUT2D eigenvalue weighted by molar-refractivity contribution is 6.43. The van der Waals surface area contributed by atoms with Crippen LogP contribution in [0.5, 0.6) is 23.0 Å². The Labute approximate surface area is 557 Å². The third kappa shape index (κ3) is 9.97. The molecule has 13 aromatic rings. The number of ether oxygens (including phenoxy) is 2. The molecule has 96 heavy (non-hydrogen) atoms. The maximum absolute atomic E-state index is 15.6. The lowest BCUT2D eigenvalue weighted by molar-refractivity contribution is 0.0487. The monoisotopic (exact) mass is 1250 g/mol. The van der Waals surface area contributed by atoms with E-state index >= 15 is 19.2 Å². The summed E-state index contributed by atoms with van der Waals surface area (Å²) < 4.78 is 14.7. The normalized spacial score (nSPS) is 15.0. The molecule has 4 amide bonds. The van der Waals surface area contributed by atoms with Gasteiger partial charge in [0.2, 0.25) is 0 Å². The van der Waals surface area contributed by atoms with Crippen molar-refractivity contribution >= 4 is 89.0 Å². The first-order valence-corrected chi connectivity index (χ1v) is 33.8. The Balaban J connectivity index is 0.882. The summed E-state index contributed by atoms with van der Waals surface area (Å²) in [5.74, 6) is 0.516. The predicted octanol–water partition coefficient (Wildman–Crippen LogP) is 21.2. The van der Waals surface area contributed by atoms with Crippen LogP contribution in [0.2, 0.25) is 0 Å². The molecule has 8 heteroatoms. The molecular formula is C88H66N2O6. The van der Waals surface area contributed by atoms with Crippen LogP contribution in [0.3, 0.4) is 0 Å². The molecule has 13 aromatic carbocycles. The molecule has 0 spiro atoms. The molecule has 4 aliphatic rings. The van der Waals surface area contributed by atoms with Gasteiger partial charge in [0.25, 0.3) is 23.6 Å². The number of benzene rings is 13. The first-order chi connectivity index (χ1) is 47.3. The lowest BCUT2D eigenvalue weighted by Crippen LogP contribution is -2.48. The number of carbonyl (C=O) groups is 4. The number of hydrogen-bond donors (Lipinski definition) is 0. The summed E-state index contributed by atoms with van der Waals surface area (Å²) in [4.78, 5) is 64.8. The molecule has 464 valence electrons. The Morgan fingerprint density at radius 1 is 0.260 bits per heavy atom. The smallest absolute Gasteiger partial charge is 0.261 e. The molecule has 0 saturated heterocycles. The maximum Gasteiger partial charge on any atom is 0.261 e. The van der Waals surface area contributed by atoms with Gasteiger partial charge in [-0.25, -0.2) is 0 Å². The van der Waals surface area contributed by atoms with Gasteiger partial charge in [-0.15, -0.1) is 0 Å². The van der Waals surface area contributed by atoms with E-state index in [0.29, 0.717) is 88.3 Å². The van der Waals surface area contributed by atoms with Gasteiger partial charge in [0, 0.05) is 55.5 Å². The van der Waals surface area contributed by atoms with Crippen LogP contribution >= 0.6 is 0 Å². The zero-order valence-electron chi connectivity index (χ0n) is 53.0. The molecule has 0 aromatic heterocycles. The van der Waals surface area contributed by atoms with Crippen LogP contribution in [0.25, 0.3) is 65.4 Å². The molecule has 2 fully saturated rings. The Hall–Kier alpha value is -11.5. The van der Waals surface area contributed by atoms with Gasteiger partial charge in [0.05, 0.1) is 11.1 Å². The second-order valence-corrected chi connectivity index (χ2v) is 25.9. The second-order valence-electron chi connectivity index (χ2n) is 25.9. The molecule has 17 rings (SSSR count). The number of fused-ring (bicyclic) bond motifs is 2. The van der Waals surface area contributed by atoms with Crippen LogP contribution in [-0.2, 0) is 0 Å². The van der Waals surface area contributed by atoms with Crippen molar-refractivity contribution in [3.05, 3.63) is 334 Å². The van der Waals surface area contributed by atoms with Crippen LogP contribution in [0.1, 0.15) is 150 Å². The zero-order valence-corrected chi connectivity index (χ0v) is 53.0. The Morgan fingerprint density at radius 3 is 0.802 bits per heavy atom. The first kappa shape index (κ1) is 58.3. The van der Waals surface area contributed by atoms with Crippen molar-refractivity contribution in [3.8, 4) is 23.0 Å². The maximum atomic E-state index is 15.6. The third-order valence-electron chi connectivity index (χ3n) is 20.3. The number of hydrogen-bond acceptors (Lipinski definition) is 6. The minimum atomic E-state index is -0.353. The lowest BCUT2D eigenvalue weighted by atomic mass is 9.80. The number of nitrogens with zero attached hydrogens (tertiary/aromatic N) is 2.